The maximum Gasteiger partial charge on any atom is 0.417 e. The maximum absolute atomic E-state index is 13.7. The molecule has 1 aliphatic heterocycles. The number of anilines is 1. The first-order valence-electron chi connectivity index (χ1n) is 10.4. The zero-order chi connectivity index (χ0) is 25.3. The van der Waals surface area contributed by atoms with Gasteiger partial charge in [0.15, 0.2) is 0 Å². The van der Waals surface area contributed by atoms with E-state index >= 15 is 0 Å². The molecule has 0 radical (unpaired) electrons. The van der Waals surface area contributed by atoms with E-state index in [-0.39, 0.29) is 40.4 Å². The largest absolute Gasteiger partial charge is 0.446 e. The summed E-state index contributed by atoms with van der Waals surface area (Å²) in [5, 5.41) is 6.23. The van der Waals surface area contributed by atoms with Crippen LogP contribution in [0, 0.1) is 0 Å². The summed E-state index contributed by atoms with van der Waals surface area (Å²) in [4.78, 5) is 30.2. The van der Waals surface area contributed by atoms with E-state index in [1.165, 1.54) is 12.4 Å². The van der Waals surface area contributed by atoms with Crippen LogP contribution in [0.3, 0.4) is 0 Å². The van der Waals surface area contributed by atoms with Crippen LogP contribution in [0.1, 0.15) is 35.7 Å². The Balaban J connectivity index is 1.72. The fourth-order valence-corrected chi connectivity index (χ4v) is 5.76. The fourth-order valence-electron chi connectivity index (χ4n) is 3.75. The number of hydrogen-bond acceptors (Lipinski definition) is 8. The number of halogens is 3. The van der Waals surface area contributed by atoms with Gasteiger partial charge in [0, 0.05) is 50.7 Å². The zero-order valence-electron chi connectivity index (χ0n) is 18.7. The number of nitrogens with zero attached hydrogens (tertiary/aromatic N) is 2. The second kappa shape index (κ2) is 9.94. The number of fused-ring (bicyclic) bond motifs is 1. The molecule has 2 N–H and O–H groups in total. The van der Waals surface area contributed by atoms with Gasteiger partial charge in [0.2, 0.25) is 0 Å². The van der Waals surface area contributed by atoms with E-state index in [9.17, 15) is 31.2 Å². The van der Waals surface area contributed by atoms with Crippen molar-refractivity contribution in [1.29, 1.82) is 0 Å². The SMILES string of the molecule is CNC(=O)c1csc2c(C(F)(F)F)cc(N3CCC(OC(=O)NC(C)CS(C)(=O)=O)CC3)nc12. The summed E-state index contributed by atoms with van der Waals surface area (Å²) < 4.78 is 69.0. The summed E-state index contributed by atoms with van der Waals surface area (Å²) in [5.41, 5.74) is -0.787. The predicted octanol–water partition coefficient (Wildman–Crippen LogP) is 2.80. The van der Waals surface area contributed by atoms with Gasteiger partial charge in [0.1, 0.15) is 21.8 Å². The normalized spacial score (nSPS) is 16.4. The molecule has 2 aromatic rings. The van der Waals surface area contributed by atoms with Crippen LogP contribution >= 0.6 is 11.3 Å². The first-order valence-corrected chi connectivity index (χ1v) is 13.3. The van der Waals surface area contributed by atoms with Gasteiger partial charge in [-0.2, -0.15) is 13.2 Å². The molecule has 0 bridgehead atoms. The van der Waals surface area contributed by atoms with Gasteiger partial charge in [-0.05, 0) is 13.0 Å². The number of rotatable bonds is 6. The number of sulfone groups is 1. The predicted molar refractivity (Wildman–Crippen MR) is 122 cm³/mol. The molecule has 1 atom stereocenters. The molecule has 1 aliphatic rings. The smallest absolute Gasteiger partial charge is 0.417 e. The van der Waals surface area contributed by atoms with Crippen molar-refractivity contribution in [1.82, 2.24) is 15.6 Å². The van der Waals surface area contributed by atoms with Crippen molar-refractivity contribution in [3.8, 4) is 0 Å². The van der Waals surface area contributed by atoms with Gasteiger partial charge in [0.25, 0.3) is 5.91 Å². The number of piperidine rings is 1. The highest BCUT2D eigenvalue weighted by molar-refractivity contribution is 7.90. The third kappa shape index (κ3) is 6.29. The Hall–Kier alpha value is -2.61. The van der Waals surface area contributed by atoms with Crippen LogP contribution in [0.4, 0.5) is 23.8 Å². The number of hydrogen-bond donors (Lipinski definition) is 2. The van der Waals surface area contributed by atoms with Crippen LogP contribution in [0.2, 0.25) is 0 Å². The Labute approximate surface area is 198 Å². The molecule has 0 spiro atoms. The lowest BCUT2D eigenvalue weighted by molar-refractivity contribution is -0.136. The second-order valence-corrected chi connectivity index (χ2v) is 11.2. The standard InChI is InChI=1S/C20H25F3N4O5S2/c1-11(10-34(3,30)31)25-19(29)32-12-4-6-27(7-5-12)15-8-14(20(21,22)23)17-16(26-15)13(9-33-17)18(28)24-2/h8-9,11-12H,4-7,10H2,1-3H3,(H,24,28)(H,25,29). The molecule has 3 heterocycles. The molecule has 3 rings (SSSR count). The highest BCUT2D eigenvalue weighted by Gasteiger charge is 2.36. The number of amides is 2. The summed E-state index contributed by atoms with van der Waals surface area (Å²) in [6.45, 7) is 2.11. The maximum atomic E-state index is 13.7. The van der Waals surface area contributed by atoms with E-state index in [2.05, 4.69) is 15.6 Å². The van der Waals surface area contributed by atoms with Crippen molar-refractivity contribution in [3.05, 3.63) is 22.6 Å². The Kier molecular flexibility index (Phi) is 7.60. The summed E-state index contributed by atoms with van der Waals surface area (Å²) >= 11 is 0.818. The van der Waals surface area contributed by atoms with E-state index in [1.807, 2.05) is 0 Å². The number of alkyl carbamates (subject to hydrolysis) is 1. The topological polar surface area (TPSA) is 118 Å². The molecule has 1 saturated heterocycles. The number of pyridine rings is 1. The molecule has 34 heavy (non-hydrogen) atoms. The van der Waals surface area contributed by atoms with Gasteiger partial charge >= 0.3 is 12.3 Å². The van der Waals surface area contributed by atoms with Crippen molar-refractivity contribution >= 4 is 49.2 Å². The van der Waals surface area contributed by atoms with Gasteiger partial charge < -0.3 is 20.3 Å². The Bertz CT molecular complexity index is 1170. The van der Waals surface area contributed by atoms with Crippen molar-refractivity contribution in [2.24, 2.45) is 0 Å². The molecule has 2 aromatic heterocycles. The number of ether oxygens (including phenoxy) is 1. The quantitative estimate of drug-likeness (QED) is 0.599. The lowest BCUT2D eigenvalue weighted by atomic mass is 10.1. The Morgan fingerprint density at radius 3 is 2.53 bits per heavy atom. The van der Waals surface area contributed by atoms with Crippen LogP contribution < -0.4 is 15.5 Å². The molecular formula is C20H25F3N4O5S2. The highest BCUT2D eigenvalue weighted by Crippen LogP contribution is 2.40. The monoisotopic (exact) mass is 522 g/mol. The van der Waals surface area contributed by atoms with Gasteiger partial charge in [0.05, 0.1) is 27.1 Å². The minimum atomic E-state index is -4.62. The van der Waals surface area contributed by atoms with Gasteiger partial charge in [-0.25, -0.2) is 18.2 Å². The fraction of sp³-hybridized carbons (Fsp3) is 0.550. The third-order valence-electron chi connectivity index (χ3n) is 5.24. The van der Waals surface area contributed by atoms with Crippen LogP contribution in [-0.2, 0) is 20.8 Å². The molecule has 14 heteroatoms. The van der Waals surface area contributed by atoms with Crippen molar-refractivity contribution < 1.29 is 35.9 Å². The molecular weight excluding hydrogens is 497 g/mol. The molecule has 1 unspecified atom stereocenters. The van der Waals surface area contributed by atoms with E-state index in [0.717, 1.165) is 23.7 Å². The highest BCUT2D eigenvalue weighted by atomic mass is 32.2. The van der Waals surface area contributed by atoms with Crippen LogP contribution in [-0.4, -0.2) is 69.7 Å². The summed E-state index contributed by atoms with van der Waals surface area (Å²) in [6.07, 6.45) is -4.09. The van der Waals surface area contributed by atoms with Crippen molar-refractivity contribution in [2.75, 3.05) is 37.0 Å². The molecule has 188 valence electrons. The van der Waals surface area contributed by atoms with E-state index < -0.39 is 45.7 Å². The lowest BCUT2D eigenvalue weighted by Gasteiger charge is -2.33. The average molecular weight is 523 g/mol. The van der Waals surface area contributed by atoms with Gasteiger partial charge in [-0.3, -0.25) is 4.79 Å². The van der Waals surface area contributed by atoms with E-state index in [4.69, 9.17) is 4.74 Å². The molecule has 0 aliphatic carbocycles. The first-order chi connectivity index (χ1) is 15.8. The number of nitrogens with one attached hydrogen (secondary N) is 2. The molecule has 2 amide bonds. The Morgan fingerprint density at radius 2 is 1.97 bits per heavy atom. The number of carbonyl (C=O) groups is 2. The molecule has 0 aromatic carbocycles. The third-order valence-corrected chi connectivity index (χ3v) is 7.35. The zero-order valence-corrected chi connectivity index (χ0v) is 20.4. The van der Waals surface area contributed by atoms with Crippen LogP contribution in [0.25, 0.3) is 10.2 Å². The van der Waals surface area contributed by atoms with Crippen LogP contribution in [0.15, 0.2) is 11.4 Å². The summed E-state index contributed by atoms with van der Waals surface area (Å²) in [7, 11) is -1.87. The lowest BCUT2D eigenvalue weighted by Crippen LogP contribution is -2.43. The summed E-state index contributed by atoms with van der Waals surface area (Å²) in [5.74, 6) is -0.656. The van der Waals surface area contributed by atoms with E-state index in [0.29, 0.717) is 12.8 Å². The molecule has 1 fully saturated rings. The second-order valence-electron chi connectivity index (χ2n) is 8.16. The van der Waals surface area contributed by atoms with Gasteiger partial charge in [-0.1, -0.05) is 0 Å². The average Bonchev–Trinajstić information content (AvgIpc) is 3.14. The number of thiophene rings is 1. The molecule has 9 nitrogen and oxygen atoms in total. The molecule has 0 saturated carbocycles. The summed E-state index contributed by atoms with van der Waals surface area (Å²) in [6, 6.07) is 0.354. The minimum Gasteiger partial charge on any atom is -0.446 e. The van der Waals surface area contributed by atoms with E-state index in [1.54, 1.807) is 11.8 Å². The number of aromatic nitrogens is 1. The minimum absolute atomic E-state index is 0.00760. The number of alkyl halides is 3. The van der Waals surface area contributed by atoms with Gasteiger partial charge in [-0.15, -0.1) is 11.3 Å². The van der Waals surface area contributed by atoms with Crippen LogP contribution in [0.5, 0.6) is 0 Å². The number of carbonyl (C=O) groups excluding carboxylic acids is 2. The Morgan fingerprint density at radius 1 is 1.32 bits per heavy atom. The van der Waals surface area contributed by atoms with Crippen molar-refractivity contribution in [2.45, 2.75) is 38.1 Å². The van der Waals surface area contributed by atoms with Crippen molar-refractivity contribution in [3.63, 3.8) is 0 Å². The first kappa shape index (κ1) is 26.0.